The maximum Gasteiger partial charge on any atom is 0.278 e. The molecule has 0 saturated carbocycles. The van der Waals surface area contributed by atoms with Crippen LogP contribution in [0.3, 0.4) is 0 Å². The Labute approximate surface area is 205 Å². The average Bonchev–Trinajstić information content (AvgIpc) is 3.46. The van der Waals surface area contributed by atoms with Crippen LogP contribution in [0, 0.1) is 0 Å². The molecule has 2 aliphatic rings. The fourth-order valence-corrected chi connectivity index (χ4v) is 4.94. The molecule has 0 bridgehead atoms. The summed E-state index contributed by atoms with van der Waals surface area (Å²) in [4.78, 5) is 34.7. The summed E-state index contributed by atoms with van der Waals surface area (Å²) in [5, 5.41) is 21.2. The highest BCUT2D eigenvalue weighted by molar-refractivity contribution is 6.42. The van der Waals surface area contributed by atoms with Gasteiger partial charge in [0, 0.05) is 26.2 Å². The predicted octanol–water partition coefficient (Wildman–Crippen LogP) is 1.92. The van der Waals surface area contributed by atoms with Crippen molar-refractivity contribution in [3.05, 3.63) is 50.4 Å². The van der Waals surface area contributed by atoms with Crippen LogP contribution < -0.4 is 16.2 Å². The first kappa shape index (κ1) is 23.1. The number of benzene rings is 1. The first-order valence-electron chi connectivity index (χ1n) is 11.2. The molecule has 0 aliphatic carbocycles. The lowest BCUT2D eigenvalue weighted by Crippen LogP contribution is -2.47. The van der Waals surface area contributed by atoms with E-state index in [1.54, 1.807) is 23.0 Å². The van der Waals surface area contributed by atoms with Crippen LogP contribution in [-0.2, 0) is 11.3 Å². The van der Waals surface area contributed by atoms with Gasteiger partial charge in [0.25, 0.3) is 5.56 Å². The van der Waals surface area contributed by atoms with Crippen LogP contribution in [0.4, 0.5) is 5.95 Å². The molecule has 180 valence electrons. The number of rotatable bonds is 5. The highest BCUT2D eigenvalue weighted by Gasteiger charge is 2.34. The fourth-order valence-electron chi connectivity index (χ4n) is 4.62. The number of aliphatic hydroxyl groups is 1. The van der Waals surface area contributed by atoms with Crippen molar-refractivity contribution in [3.63, 3.8) is 0 Å². The molecule has 5 rings (SSSR count). The largest absolute Gasteiger partial charge is 0.392 e. The number of aromatic amines is 1. The average molecular weight is 506 g/mol. The molecule has 0 spiro atoms. The maximum atomic E-state index is 12.9. The molecule has 2 fully saturated rings. The molecule has 2 atom stereocenters. The number of H-pyrrole nitrogens is 1. The molecule has 3 aromatic rings. The SMILES string of the molecule is O=C([C@@H]1C[C@@H](O)CN1)N1CCC(n2ncc3nc(NCc4ccc(Cl)c(Cl)c4)[nH]c(=O)c32)CC1. The van der Waals surface area contributed by atoms with Gasteiger partial charge in [0.2, 0.25) is 11.9 Å². The van der Waals surface area contributed by atoms with Gasteiger partial charge in [0.15, 0.2) is 5.52 Å². The Morgan fingerprint density at radius 3 is 2.74 bits per heavy atom. The zero-order valence-electron chi connectivity index (χ0n) is 18.3. The minimum Gasteiger partial charge on any atom is -0.392 e. The van der Waals surface area contributed by atoms with Crippen LogP contribution in [0.25, 0.3) is 11.0 Å². The summed E-state index contributed by atoms with van der Waals surface area (Å²) in [7, 11) is 0. The van der Waals surface area contributed by atoms with Gasteiger partial charge >= 0.3 is 0 Å². The van der Waals surface area contributed by atoms with E-state index in [4.69, 9.17) is 23.2 Å². The molecular weight excluding hydrogens is 481 g/mol. The van der Waals surface area contributed by atoms with E-state index in [1.165, 1.54) is 0 Å². The standard InChI is InChI=1S/C22H25Cl2N7O3/c23-15-2-1-12(7-16(15)24)9-26-22-28-18-11-27-31(19(18)20(33)29-22)13-3-5-30(6-4-13)21(34)17-8-14(32)10-25-17/h1-2,7,11,13-14,17,25,32H,3-6,8-10H2,(H2,26,28,29,33)/t14-,17+/m1/s1. The summed E-state index contributed by atoms with van der Waals surface area (Å²) in [6.07, 6.45) is 2.95. The molecule has 4 N–H and O–H groups in total. The molecular formula is C22H25Cl2N7O3. The third-order valence-corrected chi connectivity index (χ3v) is 7.17. The number of carbonyl (C=O) groups excluding carboxylic acids is 1. The molecule has 10 nitrogen and oxygen atoms in total. The number of nitrogens with zero attached hydrogens (tertiary/aromatic N) is 4. The number of hydrogen-bond acceptors (Lipinski definition) is 7. The number of likely N-dealkylation sites (tertiary alicyclic amines) is 1. The van der Waals surface area contributed by atoms with Crippen molar-refractivity contribution in [2.75, 3.05) is 25.0 Å². The van der Waals surface area contributed by atoms with E-state index in [0.717, 1.165) is 5.56 Å². The quantitative estimate of drug-likeness (QED) is 0.416. The van der Waals surface area contributed by atoms with Crippen molar-refractivity contribution >= 4 is 46.1 Å². The fraction of sp³-hybridized carbons (Fsp3) is 0.455. The monoisotopic (exact) mass is 505 g/mol. The third kappa shape index (κ3) is 4.63. The number of nitrogens with one attached hydrogen (secondary N) is 3. The van der Waals surface area contributed by atoms with E-state index in [9.17, 15) is 14.7 Å². The van der Waals surface area contributed by atoms with Crippen molar-refractivity contribution in [2.24, 2.45) is 0 Å². The van der Waals surface area contributed by atoms with E-state index in [2.05, 4.69) is 25.7 Å². The van der Waals surface area contributed by atoms with Gasteiger partial charge in [-0.3, -0.25) is 19.3 Å². The topological polar surface area (TPSA) is 128 Å². The van der Waals surface area contributed by atoms with Gasteiger partial charge in [-0.15, -0.1) is 0 Å². The highest BCUT2D eigenvalue weighted by atomic mass is 35.5. The number of aromatic nitrogens is 4. The molecule has 0 radical (unpaired) electrons. The van der Waals surface area contributed by atoms with Crippen LogP contribution >= 0.6 is 23.2 Å². The van der Waals surface area contributed by atoms with Gasteiger partial charge in [-0.25, -0.2) is 4.98 Å². The number of aliphatic hydroxyl groups excluding tert-OH is 1. The summed E-state index contributed by atoms with van der Waals surface area (Å²) >= 11 is 12.0. The second-order valence-electron chi connectivity index (χ2n) is 8.75. The molecule has 4 heterocycles. The van der Waals surface area contributed by atoms with E-state index in [0.29, 0.717) is 72.5 Å². The van der Waals surface area contributed by atoms with Crippen molar-refractivity contribution < 1.29 is 9.90 Å². The predicted molar refractivity (Wildman–Crippen MR) is 129 cm³/mol. The second-order valence-corrected chi connectivity index (χ2v) is 9.56. The molecule has 2 aliphatic heterocycles. The number of hydrogen-bond donors (Lipinski definition) is 4. The Morgan fingerprint density at radius 1 is 1.24 bits per heavy atom. The molecule has 2 aromatic heterocycles. The summed E-state index contributed by atoms with van der Waals surface area (Å²) in [6.45, 7) is 2.02. The Hall–Kier alpha value is -2.66. The minimum absolute atomic E-state index is 0.00148. The highest BCUT2D eigenvalue weighted by Crippen LogP contribution is 2.26. The number of halogens is 2. The van der Waals surface area contributed by atoms with E-state index in [1.807, 2.05) is 11.0 Å². The third-order valence-electron chi connectivity index (χ3n) is 6.43. The van der Waals surface area contributed by atoms with Gasteiger partial charge in [-0.2, -0.15) is 5.10 Å². The van der Waals surface area contributed by atoms with Crippen LogP contribution in [0.15, 0.2) is 29.2 Å². The number of anilines is 1. The lowest BCUT2D eigenvalue weighted by Gasteiger charge is -2.33. The summed E-state index contributed by atoms with van der Waals surface area (Å²) < 4.78 is 1.73. The van der Waals surface area contributed by atoms with E-state index < -0.39 is 6.10 Å². The minimum atomic E-state index is -0.468. The van der Waals surface area contributed by atoms with Crippen LogP contribution in [-0.4, -0.2) is 67.4 Å². The summed E-state index contributed by atoms with van der Waals surface area (Å²) in [6, 6.07) is 5.00. The van der Waals surface area contributed by atoms with Gasteiger partial charge < -0.3 is 20.6 Å². The van der Waals surface area contributed by atoms with Crippen molar-refractivity contribution in [1.82, 2.24) is 30.0 Å². The number of β-amino-alcohol motifs (C(OH)–C–C–N with tert-alkyl or cyclic N) is 1. The second kappa shape index (κ2) is 9.53. The smallest absolute Gasteiger partial charge is 0.278 e. The van der Waals surface area contributed by atoms with Crippen molar-refractivity contribution in [2.45, 2.75) is 44.0 Å². The molecule has 34 heavy (non-hydrogen) atoms. The van der Waals surface area contributed by atoms with Gasteiger partial charge in [0.1, 0.15) is 5.52 Å². The number of fused-ring (bicyclic) bond motifs is 1. The number of carbonyl (C=O) groups is 1. The lowest BCUT2D eigenvalue weighted by molar-refractivity contribution is -0.134. The Morgan fingerprint density at radius 2 is 2.03 bits per heavy atom. The molecule has 12 heteroatoms. The number of piperidine rings is 1. The zero-order chi connectivity index (χ0) is 23.8. The Balaban J connectivity index is 1.26. The van der Waals surface area contributed by atoms with Crippen molar-refractivity contribution in [1.29, 1.82) is 0 Å². The maximum absolute atomic E-state index is 12.9. The summed E-state index contributed by atoms with van der Waals surface area (Å²) in [5.74, 6) is 0.368. The summed E-state index contributed by atoms with van der Waals surface area (Å²) in [5.41, 5.74) is 1.55. The zero-order valence-corrected chi connectivity index (χ0v) is 19.8. The normalized spacial score (nSPS) is 21.3. The van der Waals surface area contributed by atoms with Crippen LogP contribution in [0.5, 0.6) is 0 Å². The Bertz CT molecular complexity index is 1270. The van der Waals surface area contributed by atoms with Gasteiger partial charge in [-0.1, -0.05) is 29.3 Å². The molecule has 2 saturated heterocycles. The molecule has 0 unspecified atom stereocenters. The van der Waals surface area contributed by atoms with E-state index in [-0.39, 0.29) is 23.6 Å². The molecule has 1 amide bonds. The lowest BCUT2D eigenvalue weighted by atomic mass is 10.0. The van der Waals surface area contributed by atoms with Gasteiger partial charge in [-0.05, 0) is 37.0 Å². The number of amides is 1. The molecule has 1 aromatic carbocycles. The van der Waals surface area contributed by atoms with Crippen molar-refractivity contribution in [3.8, 4) is 0 Å². The Kier molecular flexibility index (Phi) is 6.48. The van der Waals surface area contributed by atoms with Crippen LogP contribution in [0.2, 0.25) is 10.0 Å². The van der Waals surface area contributed by atoms with E-state index >= 15 is 0 Å². The van der Waals surface area contributed by atoms with Crippen LogP contribution in [0.1, 0.15) is 30.9 Å². The van der Waals surface area contributed by atoms with Gasteiger partial charge in [0.05, 0.1) is 34.4 Å². The first-order chi connectivity index (χ1) is 16.4. The first-order valence-corrected chi connectivity index (χ1v) is 12.0.